The highest BCUT2D eigenvalue weighted by Gasteiger charge is 2.15. The second-order valence-electron chi connectivity index (χ2n) is 7.02. The van der Waals surface area contributed by atoms with Crippen LogP contribution in [-0.2, 0) is 6.61 Å². The molecule has 1 heterocycles. The standard InChI is InChI=1S/C23H14Cl2FN3O5/c24-18-7-14(8-19(25)22(18)33-12-13-2-1-3-16(26)6-13)11-27-28-23(30)21-10-15-9-17(29(31)32)4-5-20(15)34-21/h1-11H,12H2,(H,28,30)/b27-11+. The predicted octanol–water partition coefficient (Wildman–Crippen LogP) is 6.13. The third kappa shape index (κ3) is 5.33. The van der Waals surface area contributed by atoms with Gasteiger partial charge in [-0.1, -0.05) is 35.3 Å². The Labute approximate surface area is 201 Å². The summed E-state index contributed by atoms with van der Waals surface area (Å²) in [7, 11) is 0. The molecule has 0 saturated carbocycles. The summed E-state index contributed by atoms with van der Waals surface area (Å²) in [6, 6.07) is 14.4. The quantitative estimate of drug-likeness (QED) is 0.186. The number of hydrazone groups is 1. The number of hydrogen-bond donors (Lipinski definition) is 1. The molecule has 4 rings (SSSR count). The summed E-state index contributed by atoms with van der Waals surface area (Å²) in [5.74, 6) is -0.867. The molecule has 8 nitrogen and oxygen atoms in total. The largest absolute Gasteiger partial charge is 0.486 e. The number of hydrogen-bond acceptors (Lipinski definition) is 6. The van der Waals surface area contributed by atoms with Gasteiger partial charge in [0.15, 0.2) is 11.5 Å². The van der Waals surface area contributed by atoms with Gasteiger partial charge < -0.3 is 9.15 Å². The summed E-state index contributed by atoms with van der Waals surface area (Å²) >= 11 is 12.5. The van der Waals surface area contributed by atoms with Gasteiger partial charge in [0.1, 0.15) is 18.0 Å². The number of carbonyl (C=O) groups excluding carboxylic acids is 1. The number of ether oxygens (including phenoxy) is 1. The van der Waals surface area contributed by atoms with Gasteiger partial charge in [0.05, 0.1) is 21.2 Å². The molecule has 0 bridgehead atoms. The summed E-state index contributed by atoms with van der Waals surface area (Å²) in [6.45, 7) is 0.0708. The number of furan rings is 1. The van der Waals surface area contributed by atoms with E-state index in [0.29, 0.717) is 22.1 Å². The monoisotopic (exact) mass is 501 g/mol. The van der Waals surface area contributed by atoms with E-state index in [2.05, 4.69) is 10.5 Å². The first-order valence-electron chi connectivity index (χ1n) is 9.68. The fourth-order valence-electron chi connectivity index (χ4n) is 3.05. The first-order chi connectivity index (χ1) is 16.3. The summed E-state index contributed by atoms with van der Waals surface area (Å²) < 4.78 is 24.3. The molecule has 1 aromatic heterocycles. The van der Waals surface area contributed by atoms with Gasteiger partial charge in [0.2, 0.25) is 0 Å². The molecule has 11 heteroatoms. The van der Waals surface area contributed by atoms with E-state index in [1.54, 1.807) is 12.1 Å². The Morgan fingerprint density at radius 3 is 2.62 bits per heavy atom. The molecule has 0 unspecified atom stereocenters. The Kier molecular flexibility index (Phi) is 6.76. The highest BCUT2D eigenvalue weighted by atomic mass is 35.5. The smallest absolute Gasteiger partial charge is 0.307 e. The van der Waals surface area contributed by atoms with Crippen molar-refractivity contribution >= 4 is 52.0 Å². The van der Waals surface area contributed by atoms with Crippen molar-refractivity contribution in [2.45, 2.75) is 6.61 Å². The molecule has 3 aromatic carbocycles. The van der Waals surface area contributed by atoms with Gasteiger partial charge in [-0.05, 0) is 47.5 Å². The van der Waals surface area contributed by atoms with E-state index in [4.69, 9.17) is 32.4 Å². The van der Waals surface area contributed by atoms with Crippen LogP contribution < -0.4 is 10.2 Å². The van der Waals surface area contributed by atoms with Gasteiger partial charge in [0.25, 0.3) is 5.69 Å². The SMILES string of the molecule is O=C(N/N=C/c1cc(Cl)c(OCc2cccc(F)c2)c(Cl)c1)c1cc2cc([N+](=O)[O-])ccc2o1. The number of nitrogens with one attached hydrogen (secondary N) is 1. The third-order valence-corrected chi connectivity index (χ3v) is 5.17. The second-order valence-corrected chi connectivity index (χ2v) is 7.84. The number of rotatable bonds is 7. The van der Waals surface area contributed by atoms with Gasteiger partial charge in [-0.25, -0.2) is 9.82 Å². The van der Waals surface area contributed by atoms with Crippen LogP contribution in [0.4, 0.5) is 10.1 Å². The van der Waals surface area contributed by atoms with Crippen molar-refractivity contribution in [3.05, 3.63) is 104 Å². The highest BCUT2D eigenvalue weighted by molar-refractivity contribution is 6.37. The number of nitro benzene ring substituents is 1. The van der Waals surface area contributed by atoms with Crippen LogP contribution in [0.15, 0.2) is 70.2 Å². The number of halogens is 3. The van der Waals surface area contributed by atoms with E-state index in [1.807, 2.05) is 0 Å². The first-order valence-corrected chi connectivity index (χ1v) is 10.4. The molecule has 0 spiro atoms. The Morgan fingerprint density at radius 1 is 1.15 bits per heavy atom. The molecule has 1 amide bonds. The fraction of sp³-hybridized carbons (Fsp3) is 0.0435. The molecule has 0 radical (unpaired) electrons. The van der Waals surface area contributed by atoms with Gasteiger partial charge >= 0.3 is 5.91 Å². The van der Waals surface area contributed by atoms with Crippen molar-refractivity contribution in [2.24, 2.45) is 5.10 Å². The molecule has 0 atom stereocenters. The number of nitrogens with zero attached hydrogens (tertiary/aromatic N) is 2. The van der Waals surface area contributed by atoms with Crippen molar-refractivity contribution in [1.29, 1.82) is 0 Å². The Balaban J connectivity index is 1.41. The van der Waals surface area contributed by atoms with E-state index in [1.165, 1.54) is 54.7 Å². The minimum absolute atomic E-state index is 0.0650. The zero-order valence-corrected chi connectivity index (χ0v) is 18.6. The minimum Gasteiger partial charge on any atom is -0.486 e. The van der Waals surface area contributed by atoms with E-state index in [0.717, 1.165) is 0 Å². The van der Waals surface area contributed by atoms with E-state index in [9.17, 15) is 19.3 Å². The maximum absolute atomic E-state index is 13.3. The number of non-ortho nitro benzene ring substituents is 1. The van der Waals surface area contributed by atoms with Crippen molar-refractivity contribution in [2.75, 3.05) is 0 Å². The zero-order chi connectivity index (χ0) is 24.2. The molecule has 0 fully saturated rings. The molecule has 1 N–H and O–H groups in total. The summed E-state index contributed by atoms with van der Waals surface area (Å²) in [5.41, 5.74) is 3.60. The number of benzene rings is 3. The second kappa shape index (κ2) is 9.90. The Bertz CT molecular complexity index is 1410. The van der Waals surface area contributed by atoms with Crippen LogP contribution in [0.3, 0.4) is 0 Å². The summed E-state index contributed by atoms with van der Waals surface area (Å²) in [4.78, 5) is 22.6. The van der Waals surface area contributed by atoms with Crippen molar-refractivity contribution < 1.29 is 23.3 Å². The van der Waals surface area contributed by atoms with Crippen molar-refractivity contribution in [3.63, 3.8) is 0 Å². The summed E-state index contributed by atoms with van der Waals surface area (Å²) in [6.07, 6.45) is 1.32. The highest BCUT2D eigenvalue weighted by Crippen LogP contribution is 2.34. The molecule has 172 valence electrons. The Morgan fingerprint density at radius 2 is 1.91 bits per heavy atom. The first kappa shape index (κ1) is 23.2. The Hall–Kier alpha value is -3.95. The topological polar surface area (TPSA) is 107 Å². The van der Waals surface area contributed by atoms with Crippen LogP contribution >= 0.6 is 23.2 Å². The third-order valence-electron chi connectivity index (χ3n) is 4.61. The molecular formula is C23H14Cl2FN3O5. The number of carbonyl (C=O) groups is 1. The maximum atomic E-state index is 13.3. The van der Waals surface area contributed by atoms with Gasteiger partial charge in [-0.2, -0.15) is 5.10 Å². The fourth-order valence-corrected chi connectivity index (χ4v) is 3.66. The van der Waals surface area contributed by atoms with Crippen molar-refractivity contribution in [3.8, 4) is 5.75 Å². The van der Waals surface area contributed by atoms with Gasteiger partial charge in [-0.3, -0.25) is 14.9 Å². The summed E-state index contributed by atoms with van der Waals surface area (Å²) in [5, 5.41) is 15.6. The van der Waals surface area contributed by atoms with E-state index in [-0.39, 0.29) is 39.7 Å². The zero-order valence-electron chi connectivity index (χ0n) is 17.1. The van der Waals surface area contributed by atoms with Crippen LogP contribution in [0.5, 0.6) is 5.75 Å². The molecular weight excluding hydrogens is 488 g/mol. The average Bonchev–Trinajstić information content (AvgIpc) is 3.22. The number of fused-ring (bicyclic) bond motifs is 1. The van der Waals surface area contributed by atoms with Crippen LogP contribution in [0.1, 0.15) is 21.7 Å². The lowest BCUT2D eigenvalue weighted by atomic mass is 10.2. The van der Waals surface area contributed by atoms with E-state index >= 15 is 0 Å². The normalized spacial score (nSPS) is 11.1. The van der Waals surface area contributed by atoms with Crippen LogP contribution in [0.2, 0.25) is 10.0 Å². The van der Waals surface area contributed by atoms with Crippen LogP contribution in [-0.4, -0.2) is 17.0 Å². The minimum atomic E-state index is -0.651. The lowest BCUT2D eigenvalue weighted by Crippen LogP contribution is -2.16. The molecule has 0 saturated heterocycles. The van der Waals surface area contributed by atoms with Gasteiger partial charge in [0, 0.05) is 17.5 Å². The predicted molar refractivity (Wildman–Crippen MR) is 125 cm³/mol. The lowest BCUT2D eigenvalue weighted by Gasteiger charge is -2.11. The molecule has 0 aliphatic carbocycles. The maximum Gasteiger partial charge on any atom is 0.307 e. The molecule has 4 aromatic rings. The molecule has 34 heavy (non-hydrogen) atoms. The average molecular weight is 502 g/mol. The van der Waals surface area contributed by atoms with Crippen molar-refractivity contribution in [1.82, 2.24) is 5.43 Å². The molecule has 0 aliphatic heterocycles. The lowest BCUT2D eigenvalue weighted by molar-refractivity contribution is -0.384. The number of nitro groups is 1. The van der Waals surface area contributed by atoms with Crippen LogP contribution in [0.25, 0.3) is 11.0 Å². The molecule has 0 aliphatic rings. The van der Waals surface area contributed by atoms with Gasteiger partial charge in [-0.15, -0.1) is 0 Å². The van der Waals surface area contributed by atoms with E-state index < -0.39 is 10.8 Å². The number of amides is 1. The van der Waals surface area contributed by atoms with Crippen LogP contribution in [0, 0.1) is 15.9 Å².